The topological polar surface area (TPSA) is 136 Å². The van der Waals surface area contributed by atoms with Gasteiger partial charge in [0.2, 0.25) is 10.0 Å². The number of nitrogens with two attached hydrogens (primary N) is 1. The third-order valence-corrected chi connectivity index (χ3v) is 4.85. The number of primary sulfonamides is 1. The van der Waals surface area contributed by atoms with Crippen molar-refractivity contribution in [1.82, 2.24) is 0 Å². The monoisotopic (exact) mass is 329 g/mol. The Kier molecular flexibility index (Phi) is 4.99. The van der Waals surface area contributed by atoms with Gasteiger partial charge < -0.3 is 10.4 Å². The maximum Gasteiger partial charge on any atom is 0.293 e. The number of sulfonamides is 1. The fraction of sp³-hybridized carbons (Fsp3) is 0.538. The molecule has 0 heterocycles. The van der Waals surface area contributed by atoms with Crippen LogP contribution in [0.25, 0.3) is 0 Å². The molecule has 0 spiro atoms. The van der Waals surface area contributed by atoms with E-state index in [9.17, 15) is 23.6 Å². The summed E-state index contributed by atoms with van der Waals surface area (Å²) in [4.78, 5) is 10.1. The Morgan fingerprint density at radius 3 is 2.59 bits per heavy atom. The molecule has 0 radical (unpaired) electrons. The predicted molar refractivity (Wildman–Crippen MR) is 80.9 cm³/mol. The number of aliphatic hydroxyl groups is 1. The predicted octanol–water partition coefficient (Wildman–Crippen LogP) is 1.21. The van der Waals surface area contributed by atoms with Gasteiger partial charge in [0, 0.05) is 12.6 Å². The van der Waals surface area contributed by atoms with E-state index in [-0.39, 0.29) is 28.7 Å². The first-order valence-corrected chi connectivity index (χ1v) is 8.57. The molecule has 22 heavy (non-hydrogen) atoms. The second-order valence-corrected chi connectivity index (χ2v) is 7.04. The lowest BCUT2D eigenvalue weighted by Crippen LogP contribution is -2.27. The van der Waals surface area contributed by atoms with E-state index >= 15 is 0 Å². The van der Waals surface area contributed by atoms with Crippen LogP contribution in [0.15, 0.2) is 23.1 Å². The van der Waals surface area contributed by atoms with Crippen molar-refractivity contribution >= 4 is 21.4 Å². The summed E-state index contributed by atoms with van der Waals surface area (Å²) in [5.74, 6) is 0.204. The van der Waals surface area contributed by atoms with Gasteiger partial charge in [-0.15, -0.1) is 0 Å². The third-order valence-electron chi connectivity index (χ3n) is 3.94. The molecule has 1 aromatic carbocycles. The van der Waals surface area contributed by atoms with Gasteiger partial charge in [-0.05, 0) is 30.9 Å². The molecule has 1 fully saturated rings. The lowest BCUT2D eigenvalue weighted by atomic mass is 10.0. The number of hydrogen-bond acceptors (Lipinski definition) is 6. The van der Waals surface area contributed by atoms with E-state index < -0.39 is 21.1 Å². The number of rotatable bonds is 6. The van der Waals surface area contributed by atoms with Crippen LogP contribution in [0, 0.1) is 16.0 Å². The summed E-state index contributed by atoms with van der Waals surface area (Å²) in [7, 11) is -4.00. The van der Waals surface area contributed by atoms with Gasteiger partial charge in [0.1, 0.15) is 5.69 Å². The average Bonchev–Trinajstić information content (AvgIpc) is 2.97. The van der Waals surface area contributed by atoms with E-state index in [1.165, 1.54) is 12.1 Å². The molecule has 1 unspecified atom stereocenters. The van der Waals surface area contributed by atoms with E-state index in [1.54, 1.807) is 0 Å². The van der Waals surface area contributed by atoms with Crippen LogP contribution in [0.3, 0.4) is 0 Å². The maximum atomic E-state index is 11.3. The number of nitrogens with one attached hydrogen (secondary N) is 1. The molecular formula is C13H19N3O5S. The first-order valence-electron chi connectivity index (χ1n) is 7.02. The number of nitrogens with zero attached hydrogens (tertiary/aromatic N) is 1. The molecule has 0 aromatic heterocycles. The minimum Gasteiger partial charge on any atom is -0.391 e. The molecule has 1 aromatic rings. The zero-order chi connectivity index (χ0) is 16.3. The fourth-order valence-electron chi connectivity index (χ4n) is 2.71. The van der Waals surface area contributed by atoms with Crippen LogP contribution in [0.5, 0.6) is 0 Å². The molecule has 2 rings (SSSR count). The molecule has 4 N–H and O–H groups in total. The minimum absolute atomic E-state index is 0.162. The Morgan fingerprint density at radius 2 is 2.05 bits per heavy atom. The van der Waals surface area contributed by atoms with Gasteiger partial charge >= 0.3 is 0 Å². The summed E-state index contributed by atoms with van der Waals surface area (Å²) in [6, 6.07) is 3.41. The highest BCUT2D eigenvalue weighted by Crippen LogP contribution is 2.30. The van der Waals surface area contributed by atoms with Crippen LogP contribution in [0.2, 0.25) is 0 Å². The second kappa shape index (κ2) is 6.59. The van der Waals surface area contributed by atoms with Crippen molar-refractivity contribution in [3.05, 3.63) is 28.3 Å². The number of hydrogen-bond donors (Lipinski definition) is 3. The van der Waals surface area contributed by atoms with Gasteiger partial charge in [0.25, 0.3) is 5.69 Å². The van der Waals surface area contributed by atoms with Crippen LogP contribution in [0.1, 0.15) is 25.7 Å². The Morgan fingerprint density at radius 1 is 1.41 bits per heavy atom. The van der Waals surface area contributed by atoms with Gasteiger partial charge in [-0.1, -0.05) is 12.8 Å². The zero-order valence-corrected chi connectivity index (χ0v) is 12.8. The molecular weight excluding hydrogens is 310 g/mol. The fourth-order valence-corrected chi connectivity index (χ4v) is 3.25. The lowest BCUT2D eigenvalue weighted by molar-refractivity contribution is -0.384. The number of benzene rings is 1. The SMILES string of the molecule is NS(=O)(=O)c1ccc(NCC(O)C2CCCC2)c([N+](=O)[O-])c1. The summed E-state index contributed by atoms with van der Waals surface area (Å²) in [6.07, 6.45) is 3.50. The molecule has 0 saturated heterocycles. The lowest BCUT2D eigenvalue weighted by Gasteiger charge is -2.18. The first kappa shape index (κ1) is 16.7. The molecule has 1 atom stereocenters. The molecule has 8 nitrogen and oxygen atoms in total. The van der Waals surface area contributed by atoms with Crippen molar-refractivity contribution in [2.24, 2.45) is 11.1 Å². The summed E-state index contributed by atoms with van der Waals surface area (Å²) in [5.41, 5.74) is -0.223. The maximum absolute atomic E-state index is 11.3. The largest absolute Gasteiger partial charge is 0.391 e. The highest BCUT2D eigenvalue weighted by molar-refractivity contribution is 7.89. The summed E-state index contributed by atoms with van der Waals surface area (Å²) < 4.78 is 22.5. The average molecular weight is 329 g/mol. The molecule has 0 bridgehead atoms. The van der Waals surface area contributed by atoms with Gasteiger partial charge in [-0.3, -0.25) is 10.1 Å². The van der Waals surface area contributed by atoms with E-state index in [0.717, 1.165) is 31.7 Å². The molecule has 122 valence electrons. The smallest absolute Gasteiger partial charge is 0.293 e. The number of anilines is 1. The van der Waals surface area contributed by atoms with E-state index in [2.05, 4.69) is 5.32 Å². The summed E-state index contributed by atoms with van der Waals surface area (Å²) >= 11 is 0. The molecule has 0 amide bonds. The quantitative estimate of drug-likeness (QED) is 0.530. The van der Waals surface area contributed by atoms with E-state index in [0.29, 0.717) is 0 Å². The van der Waals surface area contributed by atoms with Crippen molar-refractivity contribution in [2.75, 3.05) is 11.9 Å². The Labute approximate surface area is 128 Å². The van der Waals surface area contributed by atoms with Crippen LogP contribution >= 0.6 is 0 Å². The van der Waals surface area contributed by atoms with Crippen molar-refractivity contribution in [2.45, 2.75) is 36.7 Å². The number of aliphatic hydroxyl groups excluding tert-OH is 1. The molecule has 9 heteroatoms. The van der Waals surface area contributed by atoms with Crippen molar-refractivity contribution < 1.29 is 18.4 Å². The minimum atomic E-state index is -4.00. The Hall–Kier alpha value is -1.71. The van der Waals surface area contributed by atoms with Gasteiger partial charge in [-0.25, -0.2) is 13.6 Å². The molecule has 0 aliphatic heterocycles. The zero-order valence-electron chi connectivity index (χ0n) is 11.9. The third kappa shape index (κ3) is 3.93. The van der Waals surface area contributed by atoms with Crippen LogP contribution in [0.4, 0.5) is 11.4 Å². The molecule has 1 saturated carbocycles. The Bertz CT molecular complexity index is 656. The number of nitro groups is 1. The highest BCUT2D eigenvalue weighted by atomic mass is 32.2. The first-order chi connectivity index (χ1) is 10.3. The van der Waals surface area contributed by atoms with Crippen molar-refractivity contribution in [3.8, 4) is 0 Å². The van der Waals surface area contributed by atoms with Gasteiger partial charge in [0.05, 0.1) is 15.9 Å². The standard InChI is InChI=1S/C13H19N3O5S/c14-22(20,21)10-5-6-11(12(7-10)16(18)19)15-8-13(17)9-3-1-2-4-9/h5-7,9,13,15,17H,1-4,8H2,(H2,14,20,21). The second-order valence-electron chi connectivity index (χ2n) is 5.47. The molecule has 1 aliphatic rings. The van der Waals surface area contributed by atoms with E-state index in [4.69, 9.17) is 5.14 Å². The van der Waals surface area contributed by atoms with E-state index in [1.807, 2.05) is 0 Å². The van der Waals surface area contributed by atoms with Crippen molar-refractivity contribution in [3.63, 3.8) is 0 Å². The Balaban J connectivity index is 2.14. The normalized spacial score (nSPS) is 17.4. The van der Waals surface area contributed by atoms with Gasteiger partial charge in [-0.2, -0.15) is 0 Å². The van der Waals surface area contributed by atoms with Crippen LogP contribution < -0.4 is 10.5 Å². The summed E-state index contributed by atoms with van der Waals surface area (Å²) in [6.45, 7) is 0.181. The molecule has 1 aliphatic carbocycles. The van der Waals surface area contributed by atoms with Crippen LogP contribution in [-0.4, -0.2) is 31.1 Å². The number of nitro benzene ring substituents is 1. The van der Waals surface area contributed by atoms with Crippen LogP contribution in [-0.2, 0) is 10.0 Å². The van der Waals surface area contributed by atoms with Gasteiger partial charge in [0.15, 0.2) is 0 Å². The van der Waals surface area contributed by atoms with Crippen molar-refractivity contribution in [1.29, 1.82) is 0 Å². The highest BCUT2D eigenvalue weighted by Gasteiger charge is 2.24. The summed E-state index contributed by atoms with van der Waals surface area (Å²) in [5, 5.41) is 28.9.